The first-order valence-electron chi connectivity index (χ1n) is 5.50. The predicted octanol–water partition coefficient (Wildman–Crippen LogP) is 3.82. The van der Waals surface area contributed by atoms with Crippen LogP contribution in [0, 0.1) is 11.3 Å². The summed E-state index contributed by atoms with van der Waals surface area (Å²) in [6.45, 7) is 0. The first kappa shape index (κ1) is 13.0. The van der Waals surface area contributed by atoms with Crippen molar-refractivity contribution < 1.29 is 10.2 Å². The van der Waals surface area contributed by atoms with Crippen molar-refractivity contribution in [2.45, 2.75) is 0 Å². The predicted molar refractivity (Wildman–Crippen MR) is 74.7 cm³/mol. The molecule has 0 saturated carbocycles. The molecule has 0 bridgehead atoms. The summed E-state index contributed by atoms with van der Waals surface area (Å²) in [5.74, 6) is -0.470. The molecule has 0 radical (unpaired) electrons. The highest BCUT2D eigenvalue weighted by molar-refractivity contribution is 6.30. The van der Waals surface area contributed by atoms with Crippen LogP contribution in [0.1, 0.15) is 11.1 Å². The van der Waals surface area contributed by atoms with E-state index in [1.165, 1.54) is 12.1 Å². The lowest BCUT2D eigenvalue weighted by atomic mass is 10.0. The van der Waals surface area contributed by atoms with Gasteiger partial charge in [-0.15, -0.1) is 0 Å². The lowest BCUT2D eigenvalue weighted by molar-refractivity contribution is 0.403. The van der Waals surface area contributed by atoms with Gasteiger partial charge in [0, 0.05) is 5.02 Å². The average Bonchev–Trinajstić information content (AvgIpc) is 2.41. The van der Waals surface area contributed by atoms with Crippen molar-refractivity contribution in [1.82, 2.24) is 0 Å². The van der Waals surface area contributed by atoms with Crippen molar-refractivity contribution in [3.63, 3.8) is 0 Å². The van der Waals surface area contributed by atoms with Gasteiger partial charge in [0.2, 0.25) is 0 Å². The molecule has 0 aliphatic carbocycles. The van der Waals surface area contributed by atoms with Gasteiger partial charge in [0.25, 0.3) is 0 Å². The number of rotatable bonds is 2. The topological polar surface area (TPSA) is 64.2 Å². The third-order valence-corrected chi connectivity index (χ3v) is 2.84. The molecule has 0 amide bonds. The summed E-state index contributed by atoms with van der Waals surface area (Å²) >= 11 is 5.79. The molecule has 2 N–H and O–H groups in total. The Balaban J connectivity index is 2.42. The van der Waals surface area contributed by atoms with Gasteiger partial charge in [-0.1, -0.05) is 23.7 Å². The third-order valence-electron chi connectivity index (χ3n) is 2.59. The lowest BCUT2D eigenvalue weighted by Gasteiger charge is -2.02. The highest BCUT2D eigenvalue weighted by Crippen LogP contribution is 2.29. The summed E-state index contributed by atoms with van der Waals surface area (Å²) in [4.78, 5) is 0. The van der Waals surface area contributed by atoms with Crippen molar-refractivity contribution in [1.29, 1.82) is 5.26 Å². The van der Waals surface area contributed by atoms with E-state index >= 15 is 0 Å². The molecule has 0 spiro atoms. The van der Waals surface area contributed by atoms with Crippen molar-refractivity contribution in [2.75, 3.05) is 0 Å². The molecule has 19 heavy (non-hydrogen) atoms. The maximum atomic E-state index is 9.44. The number of benzene rings is 2. The largest absolute Gasteiger partial charge is 0.504 e. The second-order valence-corrected chi connectivity index (χ2v) is 4.36. The van der Waals surface area contributed by atoms with Gasteiger partial charge in [-0.3, -0.25) is 0 Å². The summed E-state index contributed by atoms with van der Waals surface area (Å²) in [5, 5.41) is 28.5. The summed E-state index contributed by atoms with van der Waals surface area (Å²) in [6.07, 6.45) is 1.68. The fourth-order valence-electron chi connectivity index (χ4n) is 1.60. The van der Waals surface area contributed by atoms with Crippen LogP contribution >= 0.6 is 11.6 Å². The van der Waals surface area contributed by atoms with Gasteiger partial charge >= 0.3 is 0 Å². The van der Waals surface area contributed by atoms with Gasteiger partial charge in [-0.2, -0.15) is 5.26 Å². The molecular formula is C15H10ClNO2. The molecule has 2 aromatic carbocycles. The van der Waals surface area contributed by atoms with E-state index in [-0.39, 0.29) is 11.5 Å². The second kappa shape index (κ2) is 5.47. The molecule has 4 heteroatoms. The Kier molecular flexibility index (Phi) is 3.74. The summed E-state index contributed by atoms with van der Waals surface area (Å²) in [7, 11) is 0. The van der Waals surface area contributed by atoms with E-state index in [1.807, 2.05) is 0 Å². The first-order chi connectivity index (χ1) is 9.10. The zero-order valence-electron chi connectivity index (χ0n) is 9.84. The Bertz CT molecular complexity index is 670. The van der Waals surface area contributed by atoms with Crippen LogP contribution in [-0.4, -0.2) is 10.2 Å². The van der Waals surface area contributed by atoms with Gasteiger partial charge in [0.05, 0.1) is 11.6 Å². The Morgan fingerprint density at radius 1 is 1.05 bits per heavy atom. The minimum Gasteiger partial charge on any atom is -0.504 e. The molecule has 2 rings (SSSR count). The van der Waals surface area contributed by atoms with Crippen molar-refractivity contribution >= 4 is 23.3 Å². The van der Waals surface area contributed by atoms with E-state index in [9.17, 15) is 10.2 Å². The molecule has 0 atom stereocenters. The Hall–Kier alpha value is -2.44. The van der Waals surface area contributed by atoms with Crippen LogP contribution in [0.2, 0.25) is 5.02 Å². The number of phenols is 2. The number of halogens is 1. The molecule has 0 heterocycles. The number of phenolic OH excluding ortho intramolecular Hbond substituents is 2. The monoisotopic (exact) mass is 271 g/mol. The Morgan fingerprint density at radius 3 is 2.32 bits per heavy atom. The standard InChI is InChI=1S/C15H10ClNO2/c16-13-4-1-10(2-5-13)7-12(9-17)11-3-6-14(18)15(19)8-11/h1-8,18-19H/b12-7+. The Morgan fingerprint density at radius 2 is 1.74 bits per heavy atom. The molecule has 0 aliphatic heterocycles. The number of aromatic hydroxyl groups is 2. The zero-order chi connectivity index (χ0) is 13.8. The molecule has 3 nitrogen and oxygen atoms in total. The minimum atomic E-state index is -0.255. The minimum absolute atomic E-state index is 0.215. The summed E-state index contributed by atoms with van der Waals surface area (Å²) in [6, 6.07) is 13.4. The van der Waals surface area contributed by atoms with E-state index in [4.69, 9.17) is 16.9 Å². The maximum Gasteiger partial charge on any atom is 0.158 e. The number of hydrogen-bond acceptors (Lipinski definition) is 3. The summed E-state index contributed by atoms with van der Waals surface area (Å²) < 4.78 is 0. The number of allylic oxidation sites excluding steroid dienone is 1. The Labute approximate surface area is 115 Å². The molecule has 2 aromatic rings. The third kappa shape index (κ3) is 3.06. The van der Waals surface area contributed by atoms with Gasteiger partial charge < -0.3 is 10.2 Å². The SMILES string of the molecule is N#C/C(=C\c1ccc(Cl)cc1)c1ccc(O)c(O)c1. The molecule has 94 valence electrons. The zero-order valence-corrected chi connectivity index (χ0v) is 10.6. The van der Waals surface area contributed by atoms with E-state index in [0.29, 0.717) is 16.2 Å². The fourth-order valence-corrected chi connectivity index (χ4v) is 1.72. The highest BCUT2D eigenvalue weighted by Gasteiger charge is 2.05. The van der Waals surface area contributed by atoms with Crippen LogP contribution in [0.5, 0.6) is 11.5 Å². The maximum absolute atomic E-state index is 9.44. The molecule has 0 aromatic heterocycles. The van der Waals surface area contributed by atoms with Gasteiger partial charge in [0.15, 0.2) is 11.5 Å². The van der Waals surface area contributed by atoms with Crippen LogP contribution < -0.4 is 0 Å². The van der Waals surface area contributed by atoms with Crippen LogP contribution in [0.15, 0.2) is 42.5 Å². The van der Waals surface area contributed by atoms with E-state index < -0.39 is 0 Å². The van der Waals surface area contributed by atoms with Crippen LogP contribution in [0.25, 0.3) is 11.6 Å². The smallest absolute Gasteiger partial charge is 0.158 e. The quantitative estimate of drug-likeness (QED) is 0.496. The van der Waals surface area contributed by atoms with Crippen molar-refractivity contribution in [3.05, 3.63) is 58.6 Å². The first-order valence-corrected chi connectivity index (χ1v) is 5.87. The van der Waals surface area contributed by atoms with Crippen molar-refractivity contribution in [2.24, 2.45) is 0 Å². The fraction of sp³-hybridized carbons (Fsp3) is 0. The van der Waals surface area contributed by atoms with Crippen molar-refractivity contribution in [3.8, 4) is 17.6 Å². The van der Waals surface area contributed by atoms with Gasteiger partial charge in [-0.05, 0) is 47.5 Å². The number of nitrogens with zero attached hydrogens (tertiary/aromatic N) is 1. The van der Waals surface area contributed by atoms with E-state index in [1.54, 1.807) is 36.4 Å². The molecule has 0 fully saturated rings. The van der Waals surface area contributed by atoms with Gasteiger partial charge in [0.1, 0.15) is 0 Å². The number of nitriles is 1. The normalized spacial score (nSPS) is 11.1. The van der Waals surface area contributed by atoms with E-state index in [2.05, 4.69) is 6.07 Å². The highest BCUT2D eigenvalue weighted by atomic mass is 35.5. The van der Waals surface area contributed by atoms with Crippen LogP contribution in [-0.2, 0) is 0 Å². The molecule has 0 unspecified atom stereocenters. The molecule has 0 saturated heterocycles. The molecular weight excluding hydrogens is 262 g/mol. The number of hydrogen-bond donors (Lipinski definition) is 2. The average molecular weight is 272 g/mol. The van der Waals surface area contributed by atoms with E-state index in [0.717, 1.165) is 5.56 Å². The molecule has 0 aliphatic rings. The second-order valence-electron chi connectivity index (χ2n) is 3.92. The van der Waals surface area contributed by atoms with Crippen LogP contribution in [0.4, 0.5) is 0 Å². The van der Waals surface area contributed by atoms with Crippen LogP contribution in [0.3, 0.4) is 0 Å². The lowest BCUT2D eigenvalue weighted by Crippen LogP contribution is -1.82. The van der Waals surface area contributed by atoms with Gasteiger partial charge in [-0.25, -0.2) is 0 Å². The summed E-state index contributed by atoms with van der Waals surface area (Å²) in [5.41, 5.74) is 1.75.